The first-order valence-corrected chi connectivity index (χ1v) is 9.28. The van der Waals surface area contributed by atoms with Gasteiger partial charge in [0.05, 0.1) is 10.7 Å². The number of hydrazine groups is 1. The number of carbonyl (C=O) groups excluding carboxylic acids is 2. The lowest BCUT2D eigenvalue weighted by Crippen LogP contribution is -2.44. The number of thiazole rings is 1. The van der Waals surface area contributed by atoms with Crippen molar-refractivity contribution in [3.8, 4) is 5.75 Å². The van der Waals surface area contributed by atoms with Crippen molar-refractivity contribution in [3.05, 3.63) is 80.7 Å². The molecule has 0 unspecified atom stereocenters. The van der Waals surface area contributed by atoms with E-state index in [2.05, 4.69) is 15.8 Å². The monoisotopic (exact) mass is 398 g/mol. The van der Waals surface area contributed by atoms with Gasteiger partial charge in [-0.3, -0.25) is 25.2 Å². The summed E-state index contributed by atoms with van der Waals surface area (Å²) in [6.07, 6.45) is 1.50. The smallest absolute Gasteiger partial charge is 0.269 e. The van der Waals surface area contributed by atoms with E-state index >= 15 is 0 Å². The highest BCUT2D eigenvalue weighted by Gasteiger charge is 2.09. The quantitative estimate of drug-likeness (QED) is 0.615. The summed E-state index contributed by atoms with van der Waals surface area (Å²) in [7, 11) is 0. The number of carbonyl (C=O) groups is 2. The zero-order valence-corrected chi connectivity index (χ0v) is 15.9. The lowest BCUT2D eigenvalue weighted by molar-refractivity contribution is -0.122. The third-order valence-corrected chi connectivity index (χ3v) is 4.52. The molecule has 9 heteroatoms. The van der Waals surface area contributed by atoms with Crippen molar-refractivity contribution >= 4 is 23.2 Å². The van der Waals surface area contributed by atoms with Crippen molar-refractivity contribution in [1.82, 2.24) is 20.4 Å². The number of hydrogen-bond acceptors (Lipinski definition) is 6. The Balaban J connectivity index is 1.48. The maximum atomic E-state index is 12.1. The van der Waals surface area contributed by atoms with Crippen LogP contribution in [0.25, 0.3) is 0 Å². The Bertz CT molecular complexity index is 1030. The molecule has 0 aliphatic rings. The number of nitrogens with one attached hydrogen (secondary N) is 2. The van der Waals surface area contributed by atoms with E-state index in [9.17, 15) is 14.4 Å². The molecular formula is C19H18N4O4S. The first kappa shape index (κ1) is 19.3. The average Bonchev–Trinajstić information content (AvgIpc) is 3.12. The highest BCUT2D eigenvalue weighted by Crippen LogP contribution is 2.15. The van der Waals surface area contributed by atoms with Crippen LogP contribution in [0.5, 0.6) is 5.75 Å². The zero-order valence-electron chi connectivity index (χ0n) is 15.0. The van der Waals surface area contributed by atoms with Gasteiger partial charge in [-0.1, -0.05) is 6.07 Å². The number of hydrogen-bond donors (Lipinski definition) is 2. The summed E-state index contributed by atoms with van der Waals surface area (Å²) in [5.41, 5.74) is 5.51. The molecule has 0 atom stereocenters. The summed E-state index contributed by atoms with van der Waals surface area (Å²) in [6, 6.07) is 11.1. The lowest BCUT2D eigenvalue weighted by Gasteiger charge is -2.09. The third kappa shape index (κ3) is 5.27. The molecule has 8 nitrogen and oxygen atoms in total. The van der Waals surface area contributed by atoms with Crippen molar-refractivity contribution < 1.29 is 14.3 Å². The van der Waals surface area contributed by atoms with Crippen LogP contribution in [0.1, 0.15) is 21.1 Å². The Hall–Kier alpha value is -3.46. The van der Waals surface area contributed by atoms with E-state index in [4.69, 9.17) is 4.74 Å². The lowest BCUT2D eigenvalue weighted by atomic mass is 10.2. The minimum atomic E-state index is -0.514. The van der Waals surface area contributed by atoms with Gasteiger partial charge in [0.15, 0.2) is 0 Å². The summed E-state index contributed by atoms with van der Waals surface area (Å²) in [5, 5.41) is 2.91. The van der Waals surface area contributed by atoms with Crippen molar-refractivity contribution in [1.29, 1.82) is 0 Å². The highest BCUT2D eigenvalue weighted by atomic mass is 32.1. The van der Waals surface area contributed by atoms with Gasteiger partial charge < -0.3 is 9.30 Å². The van der Waals surface area contributed by atoms with Crippen molar-refractivity contribution in [3.63, 3.8) is 0 Å². The van der Waals surface area contributed by atoms with Crippen LogP contribution >= 0.6 is 11.3 Å². The Morgan fingerprint density at radius 3 is 2.61 bits per heavy atom. The fraction of sp³-hybridized carbons (Fsp3) is 0.158. The summed E-state index contributed by atoms with van der Waals surface area (Å²) in [5.74, 6) is -0.384. The molecule has 2 amide bonds. The van der Waals surface area contributed by atoms with Crippen molar-refractivity contribution in [2.24, 2.45) is 0 Å². The second-order valence-corrected chi connectivity index (χ2v) is 6.90. The van der Waals surface area contributed by atoms with Gasteiger partial charge in [-0.25, -0.2) is 4.98 Å². The number of amides is 2. The molecule has 2 N–H and O–H groups in total. The minimum Gasteiger partial charge on any atom is -0.487 e. The Kier molecular flexibility index (Phi) is 6.18. The number of aryl methyl sites for hydroxylation is 1. The molecule has 144 valence electrons. The molecule has 0 aliphatic carbocycles. The standard InChI is InChI=1S/C19H18N4O4S/c1-13-20-15(12-28-13)11-27-16-7-5-14(6-8-16)19(26)22-21-17(24)10-23-9-3-2-4-18(23)25/h2-9,12H,10-11H2,1H3,(H,21,24)(H,22,26). The van der Waals surface area contributed by atoms with Gasteiger partial charge in [0, 0.05) is 23.2 Å². The van der Waals surface area contributed by atoms with Crippen LogP contribution in [0.4, 0.5) is 0 Å². The van der Waals surface area contributed by atoms with Gasteiger partial charge in [-0.05, 0) is 37.3 Å². The van der Waals surface area contributed by atoms with Gasteiger partial charge >= 0.3 is 0 Å². The van der Waals surface area contributed by atoms with E-state index < -0.39 is 11.8 Å². The van der Waals surface area contributed by atoms with Gasteiger partial charge in [0.1, 0.15) is 18.9 Å². The van der Waals surface area contributed by atoms with E-state index in [1.165, 1.54) is 16.8 Å². The van der Waals surface area contributed by atoms with Crippen LogP contribution in [0.2, 0.25) is 0 Å². The fourth-order valence-corrected chi connectivity index (χ4v) is 2.92. The first-order chi connectivity index (χ1) is 13.5. The molecule has 0 saturated carbocycles. The molecule has 0 fully saturated rings. The largest absolute Gasteiger partial charge is 0.487 e. The normalized spacial score (nSPS) is 10.3. The van der Waals surface area contributed by atoms with E-state index in [0.29, 0.717) is 17.9 Å². The number of aromatic nitrogens is 2. The van der Waals surface area contributed by atoms with Crippen molar-refractivity contribution in [2.75, 3.05) is 0 Å². The van der Waals surface area contributed by atoms with Crippen LogP contribution in [0.3, 0.4) is 0 Å². The molecule has 0 radical (unpaired) electrons. The van der Waals surface area contributed by atoms with Crippen LogP contribution < -0.4 is 21.1 Å². The number of rotatable bonds is 6. The molecule has 2 aromatic heterocycles. The Labute approximate surface area is 164 Å². The third-order valence-electron chi connectivity index (χ3n) is 3.70. The van der Waals surface area contributed by atoms with Gasteiger partial charge in [0.25, 0.3) is 17.4 Å². The fourth-order valence-electron chi connectivity index (χ4n) is 2.32. The molecule has 1 aromatic carbocycles. The molecule has 3 rings (SSSR count). The van der Waals surface area contributed by atoms with Gasteiger partial charge in [0.2, 0.25) is 0 Å². The molecule has 0 aliphatic heterocycles. The maximum Gasteiger partial charge on any atom is 0.269 e. The van der Waals surface area contributed by atoms with Crippen LogP contribution in [-0.4, -0.2) is 21.4 Å². The zero-order chi connectivity index (χ0) is 19.9. The second kappa shape index (κ2) is 8.96. The van der Waals surface area contributed by atoms with Crippen LogP contribution in [0.15, 0.2) is 58.8 Å². The Morgan fingerprint density at radius 2 is 1.93 bits per heavy atom. The number of benzene rings is 1. The predicted octanol–water partition coefficient (Wildman–Crippen LogP) is 1.65. The molecular weight excluding hydrogens is 380 g/mol. The molecule has 2 heterocycles. The maximum absolute atomic E-state index is 12.1. The molecule has 3 aromatic rings. The molecule has 28 heavy (non-hydrogen) atoms. The molecule has 0 bridgehead atoms. The first-order valence-electron chi connectivity index (χ1n) is 8.40. The van der Waals surface area contributed by atoms with E-state index in [0.717, 1.165) is 10.7 Å². The summed E-state index contributed by atoms with van der Waals surface area (Å²) >= 11 is 1.56. The van der Waals surface area contributed by atoms with E-state index in [-0.39, 0.29) is 12.1 Å². The molecule has 0 spiro atoms. The van der Waals surface area contributed by atoms with Crippen LogP contribution in [-0.2, 0) is 17.9 Å². The predicted molar refractivity (Wildman–Crippen MR) is 104 cm³/mol. The number of ether oxygens (including phenoxy) is 1. The highest BCUT2D eigenvalue weighted by molar-refractivity contribution is 7.09. The Morgan fingerprint density at radius 1 is 1.14 bits per heavy atom. The van der Waals surface area contributed by atoms with Crippen LogP contribution in [0, 0.1) is 6.92 Å². The number of pyridine rings is 1. The van der Waals surface area contributed by atoms with Crippen molar-refractivity contribution in [2.45, 2.75) is 20.1 Å². The average molecular weight is 398 g/mol. The van der Waals surface area contributed by atoms with E-state index in [1.54, 1.807) is 47.7 Å². The number of nitrogens with zero attached hydrogens (tertiary/aromatic N) is 2. The summed E-state index contributed by atoms with van der Waals surface area (Å²) in [4.78, 5) is 39.9. The second-order valence-electron chi connectivity index (χ2n) is 5.84. The minimum absolute atomic E-state index is 0.192. The summed E-state index contributed by atoms with van der Waals surface area (Å²) in [6.45, 7) is 2.09. The molecule has 0 saturated heterocycles. The summed E-state index contributed by atoms with van der Waals surface area (Å²) < 4.78 is 6.86. The topological polar surface area (TPSA) is 102 Å². The van der Waals surface area contributed by atoms with E-state index in [1.807, 2.05) is 12.3 Å². The van der Waals surface area contributed by atoms with Gasteiger partial charge in [-0.2, -0.15) is 0 Å². The van der Waals surface area contributed by atoms with Gasteiger partial charge in [-0.15, -0.1) is 11.3 Å². The SMILES string of the molecule is Cc1nc(COc2ccc(C(=O)NNC(=O)Cn3ccccc3=O)cc2)cs1.